The summed E-state index contributed by atoms with van der Waals surface area (Å²) in [6.07, 6.45) is 2.49. The summed E-state index contributed by atoms with van der Waals surface area (Å²) in [5.41, 5.74) is -0.108. The number of carbonyl (C=O) groups is 1. The fourth-order valence-electron chi connectivity index (χ4n) is 2.60. The summed E-state index contributed by atoms with van der Waals surface area (Å²) >= 11 is 0. The summed E-state index contributed by atoms with van der Waals surface area (Å²) in [5, 5.41) is 9.31. The average Bonchev–Trinajstić information content (AvgIpc) is 2.45. The van der Waals surface area contributed by atoms with E-state index in [2.05, 4.69) is 6.07 Å². The lowest BCUT2D eigenvalue weighted by molar-refractivity contribution is 0.0496. The van der Waals surface area contributed by atoms with Crippen molar-refractivity contribution in [2.24, 2.45) is 0 Å². The molecule has 0 spiro atoms. The maximum Gasteiger partial charge on any atom is 0.255 e. The molecule has 1 aliphatic carbocycles. The molecule has 0 bridgehead atoms. The highest BCUT2D eigenvalue weighted by atomic mass is 16.6. The highest BCUT2D eigenvalue weighted by Gasteiger charge is 2.43. The predicted octanol–water partition coefficient (Wildman–Crippen LogP) is 1.98. The van der Waals surface area contributed by atoms with Crippen LogP contribution in [0.1, 0.15) is 29.6 Å². The smallest absolute Gasteiger partial charge is 0.255 e. The molecule has 1 fully saturated rings. The molecule has 0 aromatic heterocycles. The van der Waals surface area contributed by atoms with Crippen LogP contribution in [0, 0.1) is 11.3 Å². The van der Waals surface area contributed by atoms with Crippen LogP contribution in [0.2, 0.25) is 0 Å². The summed E-state index contributed by atoms with van der Waals surface area (Å²) in [6.45, 7) is 1.01. The first kappa shape index (κ1) is 12.8. The van der Waals surface area contributed by atoms with Gasteiger partial charge in [-0.15, -0.1) is 0 Å². The van der Waals surface area contributed by atoms with Gasteiger partial charge in [0, 0.05) is 12.6 Å². The lowest BCUT2D eigenvalue weighted by Gasteiger charge is -2.43. The Kier molecular flexibility index (Phi) is 3.01. The number of fused-ring (bicyclic) bond motifs is 1. The van der Waals surface area contributed by atoms with E-state index in [4.69, 9.17) is 9.47 Å². The van der Waals surface area contributed by atoms with E-state index >= 15 is 0 Å². The van der Waals surface area contributed by atoms with Crippen molar-refractivity contribution in [2.45, 2.75) is 24.8 Å². The van der Waals surface area contributed by atoms with Crippen LogP contribution in [0.3, 0.4) is 0 Å². The molecule has 3 rings (SSSR count). The van der Waals surface area contributed by atoms with Gasteiger partial charge in [-0.05, 0) is 37.5 Å². The fraction of sp³-hybridized carbons (Fsp3) is 0.467. The second-order valence-corrected chi connectivity index (χ2v) is 5.22. The van der Waals surface area contributed by atoms with Crippen LogP contribution in [0.15, 0.2) is 18.2 Å². The van der Waals surface area contributed by atoms with Gasteiger partial charge in [-0.1, -0.05) is 0 Å². The largest absolute Gasteiger partial charge is 0.486 e. The van der Waals surface area contributed by atoms with E-state index in [0.717, 1.165) is 19.3 Å². The number of rotatable bonds is 2. The van der Waals surface area contributed by atoms with E-state index in [0.29, 0.717) is 30.3 Å². The van der Waals surface area contributed by atoms with Crippen molar-refractivity contribution in [2.75, 3.05) is 20.3 Å². The summed E-state index contributed by atoms with van der Waals surface area (Å²) in [6, 6.07) is 7.43. The summed E-state index contributed by atoms with van der Waals surface area (Å²) in [5.74, 6) is 1.10. The van der Waals surface area contributed by atoms with Crippen LogP contribution in [-0.2, 0) is 0 Å². The standard InChI is InChI=1S/C15H16N2O3/c1-17(15(10-16)5-2-6-15)14(18)11-3-4-12-13(9-11)20-8-7-19-12/h3-4,9H,2,5-8H2,1H3. The molecule has 1 aliphatic heterocycles. The molecule has 1 heterocycles. The number of carbonyl (C=O) groups excluding carboxylic acids is 1. The topological polar surface area (TPSA) is 62.6 Å². The Morgan fingerprint density at radius 1 is 1.30 bits per heavy atom. The van der Waals surface area contributed by atoms with E-state index in [9.17, 15) is 10.1 Å². The minimum absolute atomic E-state index is 0.150. The third-order valence-corrected chi connectivity index (χ3v) is 4.12. The van der Waals surface area contributed by atoms with E-state index in [1.54, 1.807) is 30.1 Å². The molecule has 5 nitrogen and oxygen atoms in total. The first-order chi connectivity index (χ1) is 9.66. The van der Waals surface area contributed by atoms with Gasteiger partial charge in [-0.25, -0.2) is 0 Å². The van der Waals surface area contributed by atoms with Crippen molar-refractivity contribution in [1.29, 1.82) is 5.26 Å². The number of nitriles is 1. The number of benzene rings is 1. The first-order valence-electron chi connectivity index (χ1n) is 6.75. The van der Waals surface area contributed by atoms with Crippen molar-refractivity contribution < 1.29 is 14.3 Å². The molecule has 1 aromatic rings. The van der Waals surface area contributed by atoms with Crippen LogP contribution in [0.25, 0.3) is 0 Å². The molecule has 5 heteroatoms. The molecule has 1 amide bonds. The van der Waals surface area contributed by atoms with Crippen LogP contribution < -0.4 is 9.47 Å². The van der Waals surface area contributed by atoms with Crippen LogP contribution >= 0.6 is 0 Å². The normalized spacial score (nSPS) is 18.6. The Balaban J connectivity index is 1.85. The zero-order valence-corrected chi connectivity index (χ0v) is 11.4. The van der Waals surface area contributed by atoms with Crippen molar-refractivity contribution in [1.82, 2.24) is 4.90 Å². The van der Waals surface area contributed by atoms with Gasteiger partial charge in [-0.2, -0.15) is 5.26 Å². The lowest BCUT2D eigenvalue weighted by Crippen LogP contribution is -2.53. The van der Waals surface area contributed by atoms with Crippen molar-refractivity contribution in [3.63, 3.8) is 0 Å². The maximum absolute atomic E-state index is 12.5. The van der Waals surface area contributed by atoms with Crippen molar-refractivity contribution >= 4 is 5.91 Å². The molecule has 1 saturated carbocycles. The average molecular weight is 272 g/mol. The minimum atomic E-state index is -0.635. The Morgan fingerprint density at radius 2 is 2.00 bits per heavy atom. The van der Waals surface area contributed by atoms with Crippen LogP contribution in [-0.4, -0.2) is 36.6 Å². The molecule has 20 heavy (non-hydrogen) atoms. The van der Waals surface area contributed by atoms with Gasteiger partial charge in [0.15, 0.2) is 11.5 Å². The molecule has 1 aromatic carbocycles. The molecule has 0 saturated heterocycles. The van der Waals surface area contributed by atoms with Crippen LogP contribution in [0.5, 0.6) is 11.5 Å². The molecule has 0 radical (unpaired) electrons. The molecule has 0 unspecified atom stereocenters. The number of hydrogen-bond donors (Lipinski definition) is 0. The fourth-order valence-corrected chi connectivity index (χ4v) is 2.60. The Hall–Kier alpha value is -2.22. The van der Waals surface area contributed by atoms with E-state index in [-0.39, 0.29) is 5.91 Å². The molecule has 0 N–H and O–H groups in total. The quantitative estimate of drug-likeness (QED) is 0.825. The third kappa shape index (κ3) is 1.88. The van der Waals surface area contributed by atoms with Gasteiger partial charge in [0.1, 0.15) is 18.8 Å². The first-order valence-corrected chi connectivity index (χ1v) is 6.75. The number of ether oxygens (including phenoxy) is 2. The molecule has 2 aliphatic rings. The van der Waals surface area contributed by atoms with E-state index in [1.807, 2.05) is 0 Å². The summed E-state index contributed by atoms with van der Waals surface area (Å²) in [4.78, 5) is 14.1. The van der Waals surface area contributed by atoms with Gasteiger partial charge in [0.25, 0.3) is 5.91 Å². The Morgan fingerprint density at radius 3 is 2.60 bits per heavy atom. The van der Waals surface area contributed by atoms with Crippen LogP contribution in [0.4, 0.5) is 0 Å². The van der Waals surface area contributed by atoms with Gasteiger partial charge < -0.3 is 14.4 Å². The second kappa shape index (κ2) is 4.71. The number of nitrogens with zero attached hydrogens (tertiary/aromatic N) is 2. The zero-order chi connectivity index (χ0) is 14.2. The zero-order valence-electron chi connectivity index (χ0n) is 11.4. The summed E-state index contributed by atoms with van der Waals surface area (Å²) in [7, 11) is 1.70. The SMILES string of the molecule is CN(C(=O)c1ccc2c(c1)OCCO2)C1(C#N)CCC1. The minimum Gasteiger partial charge on any atom is -0.486 e. The molecule has 104 valence electrons. The molecular formula is C15H16N2O3. The van der Waals surface area contributed by atoms with Crippen molar-refractivity contribution in [3.05, 3.63) is 23.8 Å². The molecular weight excluding hydrogens is 256 g/mol. The Bertz CT molecular complexity index is 587. The lowest BCUT2D eigenvalue weighted by atomic mass is 9.76. The monoisotopic (exact) mass is 272 g/mol. The Labute approximate surface area is 117 Å². The highest BCUT2D eigenvalue weighted by molar-refractivity contribution is 5.95. The third-order valence-electron chi connectivity index (χ3n) is 4.12. The van der Waals surface area contributed by atoms with Gasteiger partial charge >= 0.3 is 0 Å². The number of amides is 1. The second-order valence-electron chi connectivity index (χ2n) is 5.22. The van der Waals surface area contributed by atoms with E-state index < -0.39 is 5.54 Å². The maximum atomic E-state index is 12.5. The van der Waals surface area contributed by atoms with Crippen molar-refractivity contribution in [3.8, 4) is 17.6 Å². The molecule has 0 atom stereocenters. The van der Waals surface area contributed by atoms with Gasteiger partial charge in [-0.3, -0.25) is 4.79 Å². The van der Waals surface area contributed by atoms with Gasteiger partial charge in [0.05, 0.1) is 6.07 Å². The predicted molar refractivity (Wildman–Crippen MR) is 71.7 cm³/mol. The van der Waals surface area contributed by atoms with E-state index in [1.165, 1.54) is 0 Å². The number of hydrogen-bond acceptors (Lipinski definition) is 4. The highest BCUT2D eigenvalue weighted by Crippen LogP contribution is 2.38. The summed E-state index contributed by atoms with van der Waals surface area (Å²) < 4.78 is 10.9. The van der Waals surface area contributed by atoms with Gasteiger partial charge in [0.2, 0.25) is 0 Å².